The highest BCUT2D eigenvalue weighted by Gasteiger charge is 2.33. The molecule has 3 heterocycles. The summed E-state index contributed by atoms with van der Waals surface area (Å²) in [4.78, 5) is 28.2. The molecule has 1 amide bonds. The van der Waals surface area contributed by atoms with E-state index in [2.05, 4.69) is 85.9 Å². The van der Waals surface area contributed by atoms with Crippen LogP contribution < -0.4 is 58.6 Å². The van der Waals surface area contributed by atoms with Crippen molar-refractivity contribution in [2.24, 2.45) is 0 Å². The number of phenolic OH excluding ortho intramolecular Hbond substituents is 1. The van der Waals surface area contributed by atoms with Crippen LogP contribution in [0.2, 0.25) is 0 Å². The Morgan fingerprint density at radius 1 is 0.872 bits per heavy atom. The minimum Gasteiger partial charge on any atom is -0.509 e. The van der Waals surface area contributed by atoms with E-state index >= 15 is 0 Å². The van der Waals surface area contributed by atoms with E-state index in [0.29, 0.717) is 24.5 Å². The van der Waals surface area contributed by atoms with Gasteiger partial charge in [-0.2, -0.15) is 9.97 Å². The molecule has 0 radical (unpaired) electrons. The number of anilines is 1. The molecule has 0 fully saturated rings. The zero-order valence-corrected chi connectivity index (χ0v) is 30.8. The lowest BCUT2D eigenvalue weighted by molar-refractivity contribution is 0.100. The largest absolute Gasteiger partial charge is 0.509 e. The Kier molecular flexibility index (Phi) is 9.62. The second-order valence-corrected chi connectivity index (χ2v) is 12.9. The van der Waals surface area contributed by atoms with Crippen molar-refractivity contribution in [1.82, 2.24) is 29.3 Å². The highest BCUT2D eigenvalue weighted by atomic mass is 31.0. The third-order valence-electron chi connectivity index (χ3n) is 10.3. The van der Waals surface area contributed by atoms with E-state index in [1.54, 1.807) is 11.0 Å². The molecule has 5 aromatic rings. The number of carbonyl (C=O) groups is 1. The van der Waals surface area contributed by atoms with Crippen LogP contribution in [0.1, 0.15) is 47.1 Å². The predicted molar refractivity (Wildman–Crippen MR) is 221 cm³/mol. The van der Waals surface area contributed by atoms with Gasteiger partial charge in [0.2, 0.25) is 5.88 Å². The van der Waals surface area contributed by atoms with Gasteiger partial charge in [-0.15, -0.1) is 21.5 Å². The van der Waals surface area contributed by atoms with Gasteiger partial charge in [-0.3, -0.25) is 14.1 Å². The molecule has 2 atom stereocenters. The molecule has 0 spiro atoms. The molecule has 0 saturated heterocycles. The van der Waals surface area contributed by atoms with Crippen molar-refractivity contribution >= 4 is 152 Å². The van der Waals surface area contributed by atoms with Crippen molar-refractivity contribution in [3.63, 3.8) is 0 Å². The molecule has 2 aromatic carbocycles. The van der Waals surface area contributed by atoms with Crippen molar-refractivity contribution in [3.05, 3.63) is 34.9 Å². The van der Waals surface area contributed by atoms with E-state index in [-0.39, 0.29) is 29.2 Å². The summed E-state index contributed by atoms with van der Waals surface area (Å²) in [7, 11) is 23.0. The van der Waals surface area contributed by atoms with Gasteiger partial charge in [0, 0.05) is 13.1 Å². The number of hydrogen-bond donors (Lipinski definition) is 1. The standard InChI is InChI=1S/C27H37B9N7O3P/c1-4-41-7-37-27(40-41)43(47)26(45)8-6-9-23(39-25(8)46-3)38-24(42(9)5-2)10(11-13(28)17(32)19(34)18(33)14(11)29)12-15(30)20(35)22(44)21(36)16(12)31/h6-7,10,44H,4-5,28-36,47H2,1-3H3. The normalized spacial score (nSPS) is 12.0. The van der Waals surface area contributed by atoms with Gasteiger partial charge in [-0.1, -0.05) is 32.8 Å². The number of aryl methyl sites for hydroxylation is 2. The van der Waals surface area contributed by atoms with Crippen LogP contribution in [0.5, 0.6) is 11.6 Å². The van der Waals surface area contributed by atoms with Crippen LogP contribution in [0.3, 0.4) is 0 Å². The number of aromatic nitrogens is 6. The highest BCUT2D eigenvalue weighted by Crippen LogP contribution is 2.32. The summed E-state index contributed by atoms with van der Waals surface area (Å²) in [6, 6.07) is 1.81. The second-order valence-electron chi connectivity index (χ2n) is 12.4. The van der Waals surface area contributed by atoms with Gasteiger partial charge < -0.3 is 14.4 Å². The number of amides is 1. The number of ether oxygens (including phenoxy) is 1. The molecule has 20 heteroatoms. The summed E-state index contributed by atoms with van der Waals surface area (Å²) in [5.74, 6) is 0.930. The van der Waals surface area contributed by atoms with E-state index < -0.39 is 0 Å². The maximum atomic E-state index is 13.9. The lowest BCUT2D eigenvalue weighted by atomic mass is 9.56. The number of pyridine rings is 1. The SMILES string of the molecule is Bc1c(B)c(B)c(C(c2c(B)c(B)c(O)c(B)c2B)c2nc3nc(OC)c(C(=O)N(P)c4ncn(CC)n4)cc3n2CC)c(B)c1B. The Balaban J connectivity index is 1.85. The van der Waals surface area contributed by atoms with E-state index in [4.69, 9.17) is 14.7 Å². The molecule has 0 aliphatic rings. The van der Waals surface area contributed by atoms with Crippen molar-refractivity contribution < 1.29 is 14.6 Å². The van der Waals surface area contributed by atoms with Gasteiger partial charge >= 0.3 is 0 Å². The molecule has 0 aliphatic heterocycles. The van der Waals surface area contributed by atoms with Crippen molar-refractivity contribution in [3.8, 4) is 11.6 Å². The third kappa shape index (κ3) is 5.54. The van der Waals surface area contributed by atoms with Crippen molar-refractivity contribution in [1.29, 1.82) is 0 Å². The zero-order chi connectivity index (χ0) is 34.6. The average Bonchev–Trinajstić information content (AvgIpc) is 3.70. The first kappa shape index (κ1) is 34.6. The number of methoxy groups -OCH3 is 1. The first-order valence-electron chi connectivity index (χ1n) is 16.0. The zero-order valence-electron chi connectivity index (χ0n) is 29.6. The van der Waals surface area contributed by atoms with Crippen molar-refractivity contribution in [2.45, 2.75) is 32.9 Å². The number of rotatable bonds is 8. The Labute approximate surface area is 286 Å². The van der Waals surface area contributed by atoms with E-state index in [1.807, 2.05) is 28.7 Å². The molecule has 0 bridgehead atoms. The molecule has 1 N–H and O–H groups in total. The number of aromatic hydroxyl groups is 1. The topological polar surface area (TPSA) is 111 Å². The fourth-order valence-corrected chi connectivity index (χ4v) is 7.06. The number of carbonyl (C=O) groups excluding carboxylic acids is 1. The van der Waals surface area contributed by atoms with Crippen molar-refractivity contribution in [2.75, 3.05) is 11.8 Å². The van der Waals surface area contributed by atoms with Crippen LogP contribution in [0.15, 0.2) is 12.4 Å². The summed E-state index contributed by atoms with van der Waals surface area (Å²) >= 11 is 0. The first-order valence-corrected chi connectivity index (χ1v) is 16.5. The van der Waals surface area contributed by atoms with E-state index in [9.17, 15) is 9.90 Å². The molecule has 0 aliphatic carbocycles. The molecule has 0 saturated carbocycles. The number of phenols is 1. The Morgan fingerprint density at radius 2 is 1.40 bits per heavy atom. The number of imidazole rings is 1. The molecule has 230 valence electrons. The lowest BCUT2D eigenvalue weighted by Crippen LogP contribution is -2.57. The maximum absolute atomic E-state index is 13.9. The van der Waals surface area contributed by atoms with E-state index in [0.717, 1.165) is 38.8 Å². The fourth-order valence-electron chi connectivity index (χ4n) is 6.80. The van der Waals surface area contributed by atoms with Gasteiger partial charge in [0.15, 0.2) is 5.65 Å². The molecule has 2 unspecified atom stereocenters. The predicted octanol–water partition coefficient (Wildman–Crippen LogP) is -11.3. The summed E-state index contributed by atoms with van der Waals surface area (Å²) < 4.78 is 10.8. The second kappa shape index (κ2) is 13.1. The average molecular weight is 636 g/mol. The summed E-state index contributed by atoms with van der Waals surface area (Å²) in [5.41, 5.74) is 13.8. The number of benzene rings is 2. The maximum Gasteiger partial charge on any atom is 0.269 e. The minimum atomic E-state index is -0.370. The lowest BCUT2D eigenvalue weighted by Gasteiger charge is -2.31. The van der Waals surface area contributed by atoms with Crippen LogP contribution >= 0.6 is 9.39 Å². The Morgan fingerprint density at radius 3 is 1.89 bits per heavy atom. The van der Waals surface area contributed by atoms with Gasteiger partial charge in [-0.05, 0) is 40.4 Å². The van der Waals surface area contributed by atoms with Crippen LogP contribution in [-0.2, 0) is 13.1 Å². The summed E-state index contributed by atoms with van der Waals surface area (Å²) in [5, 5.41) is 15.4. The Hall–Kier alpha value is -3.72. The number of fused-ring (bicyclic) bond motifs is 1. The first-order chi connectivity index (χ1) is 22.2. The fraction of sp³-hybridized carbons (Fsp3) is 0.222. The summed E-state index contributed by atoms with van der Waals surface area (Å²) in [6.45, 7) is 5.26. The molecule has 5 rings (SSSR count). The third-order valence-corrected chi connectivity index (χ3v) is 10.8. The highest BCUT2D eigenvalue weighted by molar-refractivity contribution is 7.21. The quantitative estimate of drug-likeness (QED) is 0.133. The molecule has 47 heavy (non-hydrogen) atoms. The minimum absolute atomic E-state index is 0.173. The molecule has 10 nitrogen and oxygen atoms in total. The van der Waals surface area contributed by atoms with Gasteiger partial charge in [0.05, 0.1) is 18.5 Å². The van der Waals surface area contributed by atoms with Crippen LogP contribution in [0.25, 0.3) is 11.2 Å². The molecular formula is C27H37B9N7O3P. The van der Waals surface area contributed by atoms with Gasteiger partial charge in [-0.25, -0.2) is 4.98 Å². The Bertz CT molecular complexity index is 1960. The van der Waals surface area contributed by atoms with Crippen LogP contribution in [-0.4, -0.2) is 118 Å². The molecule has 3 aromatic heterocycles. The number of hydrogen-bond acceptors (Lipinski definition) is 7. The number of nitrogens with zero attached hydrogens (tertiary/aromatic N) is 7. The van der Waals surface area contributed by atoms with Gasteiger partial charge in [0.1, 0.15) is 94.1 Å². The van der Waals surface area contributed by atoms with E-state index in [1.165, 1.54) is 44.7 Å². The molecular weight excluding hydrogens is 599 g/mol. The van der Waals surface area contributed by atoms with Crippen LogP contribution in [0, 0.1) is 0 Å². The van der Waals surface area contributed by atoms with Gasteiger partial charge in [0.25, 0.3) is 11.9 Å². The smallest absolute Gasteiger partial charge is 0.269 e. The van der Waals surface area contributed by atoms with Crippen LogP contribution in [0.4, 0.5) is 5.95 Å². The monoisotopic (exact) mass is 637 g/mol. The summed E-state index contributed by atoms with van der Waals surface area (Å²) in [6.07, 6.45) is 1.59.